The van der Waals surface area contributed by atoms with E-state index in [0.717, 1.165) is 37.0 Å². The molecule has 1 heterocycles. The van der Waals surface area contributed by atoms with E-state index in [1.54, 1.807) is 20.3 Å². The Bertz CT molecular complexity index is 1220. The van der Waals surface area contributed by atoms with E-state index in [0.29, 0.717) is 35.8 Å². The predicted molar refractivity (Wildman–Crippen MR) is 148 cm³/mol. The van der Waals surface area contributed by atoms with E-state index in [-0.39, 0.29) is 17.4 Å². The van der Waals surface area contributed by atoms with Gasteiger partial charge in [0.25, 0.3) is 0 Å². The minimum absolute atomic E-state index is 0.157. The Morgan fingerprint density at radius 2 is 1.76 bits per heavy atom. The van der Waals surface area contributed by atoms with Gasteiger partial charge < -0.3 is 25.4 Å². The van der Waals surface area contributed by atoms with Crippen LogP contribution in [0.3, 0.4) is 0 Å². The number of hydrogen-bond donors (Lipinski definition) is 3. The quantitative estimate of drug-likeness (QED) is 0.261. The van der Waals surface area contributed by atoms with Crippen LogP contribution in [-0.2, 0) is 11.3 Å². The normalized spacial score (nSPS) is 12.1. The van der Waals surface area contributed by atoms with Crippen molar-refractivity contribution >= 4 is 28.6 Å². The molecule has 0 fully saturated rings. The lowest BCUT2D eigenvalue weighted by Crippen LogP contribution is -2.46. The molecule has 1 amide bonds. The lowest BCUT2D eigenvalue weighted by Gasteiger charge is -2.32. The fraction of sp³-hybridized carbons (Fsp3) is 0.464. The third kappa shape index (κ3) is 8.16. The van der Waals surface area contributed by atoms with Crippen molar-refractivity contribution in [2.75, 3.05) is 31.4 Å². The number of halogens is 2. The number of hydrogen-bond acceptors (Lipinski definition) is 7. The van der Waals surface area contributed by atoms with Crippen molar-refractivity contribution in [3.05, 3.63) is 47.5 Å². The number of methoxy groups -OCH3 is 2. The smallest absolute Gasteiger partial charge is 0.225 e. The molecule has 0 aliphatic rings. The summed E-state index contributed by atoms with van der Waals surface area (Å²) in [5.41, 5.74) is 0.498. The molecule has 2 aromatic carbocycles. The number of rotatable bonds is 12. The number of aromatic nitrogens is 2. The monoisotopic (exact) mass is 531 g/mol. The number of amides is 1. The Labute approximate surface area is 223 Å². The predicted octanol–water partition coefficient (Wildman–Crippen LogP) is 6.06. The largest absolute Gasteiger partial charge is 0.497 e. The molecule has 0 saturated heterocycles. The highest BCUT2D eigenvalue weighted by Gasteiger charge is 2.26. The fourth-order valence-corrected chi connectivity index (χ4v) is 3.84. The van der Waals surface area contributed by atoms with Gasteiger partial charge in [-0.2, -0.15) is 4.98 Å². The zero-order valence-electron chi connectivity index (χ0n) is 23.3. The number of unbranched alkanes of at least 4 members (excludes halogenated alkanes) is 1. The molecular formula is C28H39F2N5O3. The first kappa shape index (κ1) is 30.5. The first-order valence-electron chi connectivity index (χ1n) is 12.8. The van der Waals surface area contributed by atoms with Crippen LogP contribution in [0.2, 0.25) is 0 Å². The molecule has 1 atom stereocenters. The maximum atomic E-state index is 14.2. The summed E-state index contributed by atoms with van der Waals surface area (Å²) in [4.78, 5) is 20.6. The lowest BCUT2D eigenvalue weighted by molar-refractivity contribution is -0.119. The number of nitrogens with zero attached hydrogens (tertiary/aromatic N) is 2. The zero-order chi connectivity index (χ0) is 28.3. The van der Waals surface area contributed by atoms with Crippen LogP contribution in [0.4, 0.5) is 20.5 Å². The van der Waals surface area contributed by atoms with Crippen LogP contribution in [0.5, 0.6) is 11.5 Å². The maximum Gasteiger partial charge on any atom is 0.225 e. The molecule has 0 aliphatic heterocycles. The van der Waals surface area contributed by atoms with Crippen molar-refractivity contribution in [1.29, 1.82) is 0 Å². The standard InChI is InChI=1S/C26H33F2N5O3.C2H6/c1-6-7-10-26(3,15-30-16(2)34)33-24-19-12-20(27)21(28)13-22(19)31-25(32-24)29-14-17-8-9-18(35-4)11-23(17)36-5;1-2/h8-9,11-13H,6-7,10,14-15H2,1-5H3,(H,30,34)(H2,29,31,32,33);1-2H3. The van der Waals surface area contributed by atoms with Crippen LogP contribution in [-0.4, -0.2) is 42.2 Å². The molecule has 1 unspecified atom stereocenters. The SMILES string of the molecule is CC.CCCCC(C)(CNC(C)=O)Nc1nc(NCc2ccc(OC)cc2OC)nc2cc(F)c(F)cc12. The van der Waals surface area contributed by atoms with E-state index in [2.05, 4.69) is 32.8 Å². The van der Waals surface area contributed by atoms with Crippen LogP contribution in [0.1, 0.15) is 59.4 Å². The number of benzene rings is 2. The summed E-state index contributed by atoms with van der Waals surface area (Å²) in [5, 5.41) is 9.71. The van der Waals surface area contributed by atoms with Gasteiger partial charge in [-0.15, -0.1) is 0 Å². The van der Waals surface area contributed by atoms with Gasteiger partial charge in [-0.25, -0.2) is 13.8 Å². The summed E-state index contributed by atoms with van der Waals surface area (Å²) in [6.07, 6.45) is 2.58. The van der Waals surface area contributed by atoms with E-state index in [9.17, 15) is 13.6 Å². The highest BCUT2D eigenvalue weighted by atomic mass is 19.2. The van der Waals surface area contributed by atoms with Gasteiger partial charge in [0.05, 0.1) is 25.3 Å². The summed E-state index contributed by atoms with van der Waals surface area (Å²) in [6.45, 7) is 10.1. The molecule has 0 radical (unpaired) electrons. The molecule has 0 saturated carbocycles. The summed E-state index contributed by atoms with van der Waals surface area (Å²) in [6, 6.07) is 7.57. The second kappa shape index (κ2) is 14.3. The number of fused-ring (bicyclic) bond motifs is 1. The summed E-state index contributed by atoms with van der Waals surface area (Å²) < 4.78 is 39.0. The Kier molecular flexibility index (Phi) is 11.5. The molecule has 8 nitrogen and oxygen atoms in total. The van der Waals surface area contributed by atoms with Crippen molar-refractivity contribution < 1.29 is 23.0 Å². The highest BCUT2D eigenvalue weighted by molar-refractivity contribution is 5.90. The van der Waals surface area contributed by atoms with Gasteiger partial charge in [-0.1, -0.05) is 33.6 Å². The van der Waals surface area contributed by atoms with Crippen molar-refractivity contribution in [3.63, 3.8) is 0 Å². The van der Waals surface area contributed by atoms with E-state index in [1.165, 1.54) is 6.92 Å². The molecular weight excluding hydrogens is 492 g/mol. The molecule has 208 valence electrons. The Morgan fingerprint density at radius 1 is 1.05 bits per heavy atom. The molecule has 38 heavy (non-hydrogen) atoms. The summed E-state index contributed by atoms with van der Waals surface area (Å²) >= 11 is 0. The van der Waals surface area contributed by atoms with Crippen LogP contribution >= 0.6 is 0 Å². The number of ether oxygens (including phenoxy) is 2. The van der Waals surface area contributed by atoms with Gasteiger partial charge in [-0.05, 0) is 31.5 Å². The van der Waals surface area contributed by atoms with Crippen molar-refractivity contribution in [3.8, 4) is 11.5 Å². The topological polar surface area (TPSA) is 97.4 Å². The molecule has 3 rings (SSSR count). The van der Waals surface area contributed by atoms with Gasteiger partial charge in [0.2, 0.25) is 11.9 Å². The first-order valence-corrected chi connectivity index (χ1v) is 12.8. The summed E-state index contributed by atoms with van der Waals surface area (Å²) in [7, 11) is 3.14. The molecule has 1 aromatic heterocycles. The van der Waals surface area contributed by atoms with Crippen molar-refractivity contribution in [1.82, 2.24) is 15.3 Å². The summed E-state index contributed by atoms with van der Waals surface area (Å²) in [5.74, 6) is -0.297. The van der Waals surface area contributed by atoms with Gasteiger partial charge >= 0.3 is 0 Å². The van der Waals surface area contributed by atoms with Crippen LogP contribution < -0.4 is 25.4 Å². The lowest BCUT2D eigenvalue weighted by atomic mass is 9.94. The molecule has 10 heteroatoms. The minimum Gasteiger partial charge on any atom is -0.497 e. The zero-order valence-corrected chi connectivity index (χ0v) is 23.3. The molecule has 0 aliphatic carbocycles. The Hall–Kier alpha value is -3.69. The first-order chi connectivity index (χ1) is 18.2. The van der Waals surface area contributed by atoms with Gasteiger partial charge in [0.15, 0.2) is 11.6 Å². The molecule has 3 aromatic rings. The van der Waals surface area contributed by atoms with Crippen LogP contribution in [0, 0.1) is 11.6 Å². The van der Waals surface area contributed by atoms with Gasteiger partial charge in [-0.3, -0.25) is 4.79 Å². The van der Waals surface area contributed by atoms with Crippen LogP contribution in [0.15, 0.2) is 30.3 Å². The van der Waals surface area contributed by atoms with Crippen molar-refractivity contribution in [2.45, 2.75) is 66.0 Å². The minimum atomic E-state index is -0.998. The number of carbonyl (C=O) groups is 1. The van der Waals surface area contributed by atoms with Crippen molar-refractivity contribution in [2.24, 2.45) is 0 Å². The maximum absolute atomic E-state index is 14.2. The number of nitrogens with one attached hydrogen (secondary N) is 3. The Morgan fingerprint density at radius 3 is 2.39 bits per heavy atom. The molecule has 3 N–H and O–H groups in total. The fourth-order valence-electron chi connectivity index (χ4n) is 3.84. The second-order valence-corrected chi connectivity index (χ2v) is 8.91. The third-order valence-corrected chi connectivity index (χ3v) is 5.90. The highest BCUT2D eigenvalue weighted by Crippen LogP contribution is 2.30. The third-order valence-electron chi connectivity index (χ3n) is 5.90. The van der Waals surface area contributed by atoms with E-state index in [4.69, 9.17) is 9.47 Å². The van der Waals surface area contributed by atoms with Crippen LogP contribution in [0.25, 0.3) is 10.9 Å². The molecule has 0 spiro atoms. The Balaban J connectivity index is 0.00000247. The van der Waals surface area contributed by atoms with E-state index < -0.39 is 17.2 Å². The number of carbonyl (C=O) groups excluding carboxylic acids is 1. The molecule has 0 bridgehead atoms. The van der Waals surface area contributed by atoms with E-state index in [1.807, 2.05) is 32.9 Å². The number of anilines is 2. The van der Waals surface area contributed by atoms with Gasteiger partial charge in [0, 0.05) is 43.1 Å². The van der Waals surface area contributed by atoms with Gasteiger partial charge in [0.1, 0.15) is 17.3 Å². The average molecular weight is 532 g/mol. The average Bonchev–Trinajstić information content (AvgIpc) is 2.91. The van der Waals surface area contributed by atoms with E-state index >= 15 is 0 Å². The second-order valence-electron chi connectivity index (χ2n) is 8.91.